The zero-order valence-electron chi connectivity index (χ0n) is 10.5. The summed E-state index contributed by atoms with van der Waals surface area (Å²) < 4.78 is 0. The van der Waals surface area contributed by atoms with Gasteiger partial charge in [0.05, 0.1) is 12.6 Å². The lowest BCUT2D eigenvalue weighted by Gasteiger charge is -2.24. The van der Waals surface area contributed by atoms with E-state index >= 15 is 0 Å². The molecule has 0 saturated carbocycles. The molecule has 0 aromatic heterocycles. The van der Waals surface area contributed by atoms with E-state index in [2.05, 4.69) is 5.32 Å². The van der Waals surface area contributed by atoms with Gasteiger partial charge in [-0.25, -0.2) is 0 Å². The maximum absolute atomic E-state index is 12.0. The van der Waals surface area contributed by atoms with Crippen molar-refractivity contribution < 1.29 is 9.59 Å². The minimum Gasteiger partial charge on any atom is -0.358 e. The molecular weight excluding hydrogens is 206 g/mol. The fourth-order valence-electron chi connectivity index (χ4n) is 2.02. The van der Waals surface area contributed by atoms with Crippen LogP contribution in [0.25, 0.3) is 0 Å². The monoisotopic (exact) mass is 227 g/mol. The van der Waals surface area contributed by atoms with Crippen molar-refractivity contribution in [1.29, 1.82) is 0 Å². The molecule has 16 heavy (non-hydrogen) atoms. The third-order valence-electron chi connectivity index (χ3n) is 3.04. The zero-order valence-corrected chi connectivity index (χ0v) is 10.5. The van der Waals surface area contributed by atoms with E-state index in [1.54, 1.807) is 7.05 Å². The first-order chi connectivity index (χ1) is 7.47. The molecule has 0 radical (unpaired) electrons. The molecule has 5 heteroatoms. The van der Waals surface area contributed by atoms with E-state index in [0.717, 1.165) is 13.0 Å². The Morgan fingerprint density at radius 2 is 2.25 bits per heavy atom. The van der Waals surface area contributed by atoms with Crippen LogP contribution in [0.4, 0.5) is 0 Å². The molecule has 1 unspecified atom stereocenters. The van der Waals surface area contributed by atoms with Crippen molar-refractivity contribution in [3.8, 4) is 0 Å². The number of rotatable bonds is 4. The third-order valence-corrected chi connectivity index (χ3v) is 3.04. The van der Waals surface area contributed by atoms with Crippen molar-refractivity contribution in [1.82, 2.24) is 15.1 Å². The average molecular weight is 227 g/mol. The first-order valence-electron chi connectivity index (χ1n) is 5.68. The van der Waals surface area contributed by atoms with Crippen molar-refractivity contribution in [3.05, 3.63) is 0 Å². The normalized spacial score (nSPS) is 21.0. The number of nitrogens with one attached hydrogen (secondary N) is 1. The summed E-state index contributed by atoms with van der Waals surface area (Å²) in [5, 5.41) is 2.56. The summed E-state index contributed by atoms with van der Waals surface area (Å²) in [7, 11) is 3.43. The second-order valence-electron chi connectivity index (χ2n) is 4.52. The Kier molecular flexibility index (Phi) is 4.29. The lowest BCUT2D eigenvalue weighted by Crippen LogP contribution is -2.45. The lowest BCUT2D eigenvalue weighted by atomic mass is 10.2. The van der Waals surface area contributed by atoms with E-state index in [0.29, 0.717) is 0 Å². The average Bonchev–Trinajstić information content (AvgIpc) is 2.59. The lowest BCUT2D eigenvalue weighted by molar-refractivity contribution is -0.133. The topological polar surface area (TPSA) is 52.7 Å². The Balaban J connectivity index is 2.56. The first kappa shape index (κ1) is 13.0. The summed E-state index contributed by atoms with van der Waals surface area (Å²) in [6, 6.07) is 0.102. The van der Waals surface area contributed by atoms with Gasteiger partial charge in [-0.15, -0.1) is 0 Å². The number of likely N-dealkylation sites (tertiary alicyclic amines) is 1. The van der Waals surface area contributed by atoms with Gasteiger partial charge in [-0.1, -0.05) is 0 Å². The van der Waals surface area contributed by atoms with E-state index in [-0.39, 0.29) is 30.4 Å². The van der Waals surface area contributed by atoms with Crippen molar-refractivity contribution in [3.63, 3.8) is 0 Å². The highest BCUT2D eigenvalue weighted by Crippen LogP contribution is 2.18. The van der Waals surface area contributed by atoms with Crippen LogP contribution in [0.5, 0.6) is 0 Å². The molecule has 1 atom stereocenters. The van der Waals surface area contributed by atoms with Crippen LogP contribution in [-0.4, -0.2) is 60.9 Å². The molecule has 5 nitrogen and oxygen atoms in total. The number of hydrogen-bond acceptors (Lipinski definition) is 3. The molecule has 1 heterocycles. The quantitative estimate of drug-likeness (QED) is 0.716. The number of likely N-dealkylation sites (N-methyl/N-ethyl adjacent to an activating group) is 2. The van der Waals surface area contributed by atoms with Gasteiger partial charge in [0.15, 0.2) is 0 Å². The summed E-state index contributed by atoms with van der Waals surface area (Å²) >= 11 is 0. The molecule has 92 valence electrons. The number of hydrogen-bond donors (Lipinski definition) is 1. The van der Waals surface area contributed by atoms with Crippen molar-refractivity contribution in [2.75, 3.05) is 27.2 Å². The summed E-state index contributed by atoms with van der Waals surface area (Å²) in [5.74, 6) is 0.0831. The van der Waals surface area contributed by atoms with Gasteiger partial charge >= 0.3 is 0 Å². The summed E-state index contributed by atoms with van der Waals surface area (Å²) in [4.78, 5) is 26.9. The molecule has 1 fully saturated rings. The van der Waals surface area contributed by atoms with Crippen molar-refractivity contribution in [2.24, 2.45) is 0 Å². The van der Waals surface area contributed by atoms with Crippen LogP contribution in [0.1, 0.15) is 20.3 Å². The van der Waals surface area contributed by atoms with E-state index in [4.69, 9.17) is 0 Å². The summed E-state index contributed by atoms with van der Waals surface area (Å²) in [6.07, 6.45) is 0.810. The zero-order chi connectivity index (χ0) is 12.3. The van der Waals surface area contributed by atoms with E-state index in [9.17, 15) is 9.59 Å². The van der Waals surface area contributed by atoms with Gasteiger partial charge in [0.2, 0.25) is 11.8 Å². The maximum atomic E-state index is 12.0. The van der Waals surface area contributed by atoms with Crippen LogP contribution < -0.4 is 5.32 Å². The van der Waals surface area contributed by atoms with Crippen LogP contribution in [0.2, 0.25) is 0 Å². The van der Waals surface area contributed by atoms with Crippen LogP contribution in [-0.2, 0) is 9.59 Å². The minimum absolute atomic E-state index is 0.0571. The highest BCUT2D eigenvalue weighted by Gasteiger charge is 2.35. The second kappa shape index (κ2) is 5.30. The van der Waals surface area contributed by atoms with E-state index in [1.807, 2.05) is 30.7 Å². The highest BCUT2D eigenvalue weighted by molar-refractivity contribution is 5.85. The Bertz CT molecular complexity index is 278. The predicted octanol–water partition coefficient (Wildman–Crippen LogP) is -0.326. The molecule has 0 spiro atoms. The van der Waals surface area contributed by atoms with Crippen LogP contribution >= 0.6 is 0 Å². The molecule has 0 bridgehead atoms. The van der Waals surface area contributed by atoms with Gasteiger partial charge < -0.3 is 10.2 Å². The van der Waals surface area contributed by atoms with Crippen molar-refractivity contribution >= 4 is 11.8 Å². The van der Waals surface area contributed by atoms with Gasteiger partial charge in [-0.2, -0.15) is 0 Å². The minimum atomic E-state index is -0.139. The molecule has 0 aromatic rings. The van der Waals surface area contributed by atoms with Gasteiger partial charge in [-0.3, -0.25) is 14.5 Å². The molecule has 0 aliphatic carbocycles. The molecule has 0 aromatic carbocycles. The molecule has 1 N–H and O–H groups in total. The fraction of sp³-hybridized carbons (Fsp3) is 0.818. The van der Waals surface area contributed by atoms with Gasteiger partial charge in [-0.05, 0) is 27.3 Å². The van der Waals surface area contributed by atoms with Crippen LogP contribution in [0, 0.1) is 0 Å². The predicted molar refractivity (Wildman–Crippen MR) is 62.0 cm³/mol. The molecule has 1 saturated heterocycles. The van der Waals surface area contributed by atoms with E-state index in [1.165, 1.54) is 0 Å². The van der Waals surface area contributed by atoms with Crippen molar-refractivity contribution in [2.45, 2.75) is 32.4 Å². The molecule has 1 aliphatic heterocycles. The van der Waals surface area contributed by atoms with E-state index < -0.39 is 0 Å². The molecular formula is C11H21N3O2. The molecule has 1 aliphatic rings. The summed E-state index contributed by atoms with van der Waals surface area (Å²) in [6.45, 7) is 5.09. The van der Waals surface area contributed by atoms with Gasteiger partial charge in [0, 0.05) is 19.6 Å². The molecule has 1 rings (SSSR count). The fourth-order valence-corrected chi connectivity index (χ4v) is 2.02. The van der Waals surface area contributed by atoms with Crippen LogP contribution in [0.15, 0.2) is 0 Å². The number of carbonyl (C=O) groups is 2. The Labute approximate surface area is 96.8 Å². The van der Waals surface area contributed by atoms with Gasteiger partial charge in [0.1, 0.15) is 0 Å². The largest absolute Gasteiger partial charge is 0.358 e. The SMILES string of the molecule is CNC(=O)CN(C)C1CCN(C(C)C)C1=O. The summed E-state index contributed by atoms with van der Waals surface area (Å²) in [5.41, 5.74) is 0. The Morgan fingerprint density at radius 1 is 1.62 bits per heavy atom. The third kappa shape index (κ3) is 2.72. The smallest absolute Gasteiger partial charge is 0.240 e. The first-order valence-corrected chi connectivity index (χ1v) is 5.68. The highest BCUT2D eigenvalue weighted by atomic mass is 16.2. The Morgan fingerprint density at radius 3 is 2.69 bits per heavy atom. The van der Waals surface area contributed by atoms with Gasteiger partial charge in [0.25, 0.3) is 0 Å². The maximum Gasteiger partial charge on any atom is 0.240 e. The Hall–Kier alpha value is -1.10. The standard InChI is InChI=1S/C11H21N3O2/c1-8(2)14-6-5-9(11(14)16)13(4)7-10(15)12-3/h8-9H,5-7H2,1-4H3,(H,12,15). The second-order valence-corrected chi connectivity index (χ2v) is 4.52. The molecule has 2 amide bonds. The van der Waals surface area contributed by atoms with Crippen LogP contribution in [0.3, 0.4) is 0 Å². The number of nitrogens with zero attached hydrogens (tertiary/aromatic N) is 2. The number of carbonyl (C=O) groups excluding carboxylic acids is 2. The number of amides is 2.